The number of benzene rings is 13. The first-order chi connectivity index (χ1) is 67.2. The Balaban J connectivity index is 0.000000126. The van der Waals surface area contributed by atoms with E-state index in [4.69, 9.17) is 30.3 Å². The summed E-state index contributed by atoms with van der Waals surface area (Å²) in [4.78, 5) is 122. The third-order valence-electron chi connectivity index (χ3n) is 26.1. The Morgan fingerprint density at radius 1 is 0.300 bits per heavy atom. The number of halogens is 6. The van der Waals surface area contributed by atoms with Crippen LogP contribution in [-0.2, 0) is 76.6 Å². The molecular formula is C116H90F6O16S2. The fraction of sp³-hybridized carbons (Fsp3) is 0.172. The molecule has 5 N–H and O–H groups in total. The zero-order valence-corrected chi connectivity index (χ0v) is 77.1. The van der Waals surface area contributed by atoms with Gasteiger partial charge >= 0.3 is 42.2 Å². The average molecular weight is 1920 g/mol. The average Bonchev–Trinajstić information content (AvgIpc) is 1.50. The Bertz CT molecular complexity index is 7320. The molecule has 2 heterocycles. The van der Waals surface area contributed by atoms with Gasteiger partial charge in [0, 0.05) is 67.2 Å². The van der Waals surface area contributed by atoms with E-state index in [9.17, 15) is 74.3 Å². The Morgan fingerprint density at radius 3 is 0.936 bits per heavy atom. The molecule has 0 amide bonds. The minimum atomic E-state index is -4.44. The summed E-state index contributed by atoms with van der Waals surface area (Å²) in [6.45, 7) is 2.07. The van der Waals surface area contributed by atoms with Crippen LogP contribution in [0.15, 0.2) is 315 Å². The number of hydrogen-bond donors (Lipinski definition) is 5. The van der Waals surface area contributed by atoms with Crippen LogP contribution in [0, 0.1) is 36.5 Å². The number of alkyl halides is 6. The predicted molar refractivity (Wildman–Crippen MR) is 524 cm³/mol. The Morgan fingerprint density at radius 2 is 0.593 bits per heavy atom. The molecular weight excluding hydrogens is 1830 g/mol. The molecule has 5 atom stereocenters. The van der Waals surface area contributed by atoms with Crippen LogP contribution < -0.4 is 4.74 Å². The predicted octanol–water partition coefficient (Wildman–Crippen LogP) is 26.1. The minimum absolute atomic E-state index is 0.0460. The van der Waals surface area contributed by atoms with Crippen molar-refractivity contribution < 1.29 is 105 Å². The fourth-order valence-corrected chi connectivity index (χ4v) is 21.0. The minimum Gasteiger partial charge on any atom is -0.497 e. The first-order valence-electron chi connectivity index (χ1n) is 45.2. The molecule has 5 aliphatic rings. The van der Waals surface area contributed by atoms with Crippen LogP contribution in [0.1, 0.15) is 180 Å². The number of ketones is 5. The third kappa shape index (κ3) is 22.1. The van der Waals surface area contributed by atoms with Crippen LogP contribution in [-0.4, -0.2) is 91.4 Å². The van der Waals surface area contributed by atoms with Crippen LogP contribution in [0.5, 0.6) is 5.75 Å². The van der Waals surface area contributed by atoms with E-state index in [-0.39, 0.29) is 85.0 Å². The number of ether oxygens (including phenoxy) is 1. The maximum absolute atomic E-state index is 13.1. The summed E-state index contributed by atoms with van der Waals surface area (Å²) in [5.74, 6) is -4.54. The number of aryl methyl sites for hydroxylation is 1. The van der Waals surface area contributed by atoms with Crippen molar-refractivity contribution >= 4 is 81.4 Å². The Kier molecular flexibility index (Phi) is 29.3. The monoisotopic (exact) mass is 1920 g/mol. The van der Waals surface area contributed by atoms with Crippen LogP contribution in [0.25, 0.3) is 55.6 Å². The second-order valence-electron chi connectivity index (χ2n) is 35.1. The van der Waals surface area contributed by atoms with Gasteiger partial charge in [0.15, 0.2) is 28.9 Å². The second-order valence-corrected chi connectivity index (χ2v) is 37.4. The van der Waals surface area contributed by atoms with Gasteiger partial charge in [0.2, 0.25) is 0 Å². The first kappa shape index (κ1) is 97.4. The van der Waals surface area contributed by atoms with Crippen molar-refractivity contribution in [2.45, 2.75) is 89.9 Å². The molecule has 5 aliphatic carbocycles. The van der Waals surface area contributed by atoms with Gasteiger partial charge in [-0.2, -0.15) is 26.3 Å². The molecule has 5 unspecified atom stereocenters. The van der Waals surface area contributed by atoms with Crippen molar-refractivity contribution in [2.75, 3.05) is 7.11 Å². The van der Waals surface area contributed by atoms with Crippen LogP contribution in [0.3, 0.4) is 0 Å². The number of thiophene rings is 2. The molecule has 0 fully saturated rings. The van der Waals surface area contributed by atoms with E-state index in [1.807, 2.05) is 91.0 Å². The molecule has 0 spiro atoms. The van der Waals surface area contributed by atoms with E-state index >= 15 is 0 Å². The molecule has 0 radical (unpaired) electrons. The molecule has 20 rings (SSSR count). The molecule has 0 saturated heterocycles. The van der Waals surface area contributed by atoms with Gasteiger partial charge in [0.1, 0.15) is 15.5 Å². The number of carbonyl (C=O) groups is 10. The lowest BCUT2D eigenvalue weighted by molar-refractivity contribution is -0.138. The lowest BCUT2D eigenvalue weighted by atomic mass is 9.78. The number of aromatic carboxylic acids is 5. The quantitative estimate of drug-likeness (QED) is 0.0418. The van der Waals surface area contributed by atoms with Crippen molar-refractivity contribution in [3.05, 3.63) is 441 Å². The van der Waals surface area contributed by atoms with Crippen LogP contribution in [0.2, 0.25) is 0 Å². The van der Waals surface area contributed by atoms with E-state index in [0.29, 0.717) is 91.2 Å². The van der Waals surface area contributed by atoms with Crippen molar-refractivity contribution in [3.8, 4) is 61.4 Å². The number of fused-ring (bicyclic) bond motifs is 5. The zero-order chi connectivity index (χ0) is 99.0. The van der Waals surface area contributed by atoms with Gasteiger partial charge in [-0.25, -0.2) is 24.0 Å². The lowest BCUT2D eigenvalue weighted by Crippen LogP contribution is -2.24. The van der Waals surface area contributed by atoms with Gasteiger partial charge in [-0.05, 0) is 275 Å². The second kappa shape index (κ2) is 42.1. The normalized spacial score (nSPS) is 15.8. The van der Waals surface area contributed by atoms with Gasteiger partial charge in [0.25, 0.3) is 0 Å². The van der Waals surface area contributed by atoms with Crippen molar-refractivity contribution in [2.24, 2.45) is 29.6 Å². The van der Waals surface area contributed by atoms with E-state index in [1.165, 1.54) is 29.8 Å². The third-order valence-corrected chi connectivity index (χ3v) is 28.3. The molecule has 16 nitrogen and oxygen atoms in total. The molecule has 0 aliphatic heterocycles. The highest BCUT2D eigenvalue weighted by molar-refractivity contribution is 7.14. The number of Topliss-reactive ketones (excluding diaryl/α,β-unsaturated/α-hetero) is 5. The molecule has 704 valence electrons. The van der Waals surface area contributed by atoms with Gasteiger partial charge in [-0.15, -0.1) is 22.7 Å². The molecule has 140 heavy (non-hydrogen) atoms. The number of carboxylic acid groups (broad SMARTS) is 5. The highest BCUT2D eigenvalue weighted by Crippen LogP contribution is 2.45. The smallest absolute Gasteiger partial charge is 0.416 e. The number of hydrogen-bond acceptors (Lipinski definition) is 13. The van der Waals surface area contributed by atoms with E-state index in [2.05, 4.69) is 49.4 Å². The zero-order valence-electron chi connectivity index (χ0n) is 75.5. The van der Waals surface area contributed by atoms with E-state index < -0.39 is 53.3 Å². The summed E-state index contributed by atoms with van der Waals surface area (Å²) >= 11 is 2.30. The summed E-state index contributed by atoms with van der Waals surface area (Å²) < 4.78 is 83.9. The standard InChI is InChI=1S/C24H20O4.C24H20O3.C23H17F3O3S.C23H18O3.C22H15F3O3S/c1-28-19-5-2-4-17(13-19)20-6-3-7-21-22(20)14-18(23(21)25)12-15-8-10-16(11-9-15)24(26)27;1-15-4-2-5-18(12-15)20-6-3-7-21-22(20)14-19(23(21)25)13-16-8-10-17(11-9-16)24(26)27;24-23(25,26)15-4-1-3-13(11-15)17-5-2-6-19-18(17)9-7-14(21(19)27)12-16-8-10-20(30-16)22(28)29;24-22-18(13-15-9-11-17(12-10-15)23(25)26)14-21-19(7-4-8-20(21)22)16-5-2-1-3-6-16;23-22(24,25)14-4-1-3-12(9-14)16-5-2-6-17-18(16)11-13(20(17)26)10-15-7-8-19(29-15)21(27)28/h2-11,13,18H,12,14H2,1H3,(H,26,27);2-12,19H,13-14H2,1H3,(H,26,27);1-6,8,10-11,14H,7,9,12H2,(H,28,29);1-12,18H,13-14H2,(H,25,26);1-9,13H,10-11H2,(H,27,28). The number of carboxylic acids is 5. The van der Waals surface area contributed by atoms with Gasteiger partial charge in [0.05, 0.1) is 34.9 Å². The van der Waals surface area contributed by atoms with Crippen molar-refractivity contribution in [1.29, 1.82) is 0 Å². The molecule has 0 saturated carbocycles. The number of carbonyl (C=O) groups excluding carboxylic acids is 5. The van der Waals surface area contributed by atoms with Crippen LogP contribution >= 0.6 is 22.7 Å². The summed E-state index contributed by atoms with van der Waals surface area (Å²) in [7, 11) is 1.64. The molecule has 0 bridgehead atoms. The van der Waals surface area contributed by atoms with Gasteiger partial charge in [-0.1, -0.05) is 224 Å². The largest absolute Gasteiger partial charge is 0.497 e. The Labute approximate surface area is 809 Å². The topological polar surface area (TPSA) is 281 Å². The van der Waals surface area contributed by atoms with Crippen molar-refractivity contribution in [1.82, 2.24) is 0 Å². The summed E-state index contributed by atoms with van der Waals surface area (Å²) in [5.41, 5.74) is 20.6. The van der Waals surface area contributed by atoms with E-state index in [0.717, 1.165) is 170 Å². The molecule has 2 aromatic heterocycles. The van der Waals surface area contributed by atoms with Crippen LogP contribution in [0.4, 0.5) is 26.3 Å². The number of methoxy groups -OCH3 is 1. The first-order valence-corrected chi connectivity index (χ1v) is 46.9. The van der Waals surface area contributed by atoms with Gasteiger partial charge < -0.3 is 30.3 Å². The Hall–Kier alpha value is -15.7. The fourth-order valence-electron chi connectivity index (χ4n) is 19.2. The van der Waals surface area contributed by atoms with Gasteiger partial charge in [-0.3, -0.25) is 24.0 Å². The number of rotatable bonds is 21. The summed E-state index contributed by atoms with van der Waals surface area (Å²) in [6, 6.07) is 91.5. The molecule has 15 aromatic rings. The summed E-state index contributed by atoms with van der Waals surface area (Å²) in [5, 5.41) is 45.2. The maximum atomic E-state index is 13.1. The lowest BCUT2D eigenvalue weighted by Gasteiger charge is -2.25. The molecule has 24 heteroatoms. The van der Waals surface area contributed by atoms with E-state index in [1.54, 1.807) is 141 Å². The highest BCUT2D eigenvalue weighted by atomic mass is 32.1. The summed E-state index contributed by atoms with van der Waals surface area (Å²) in [6.07, 6.45) is -2.45. The SMILES string of the molecule is COc1cccc(-c2cccc3c2CC(Cc2ccc(C(=O)O)cc2)C3=O)c1.Cc1cccc(-c2cccc3c2CC(Cc2ccc(C(=O)O)cc2)C3=O)c1.O=C(O)c1ccc(CC2CCc3c(cccc3-c3cccc(C(F)(F)F)c3)C2=O)s1.O=C(O)c1ccc(CC2Cc3c(cccc3-c3cccc(C(F)(F)F)c3)C2=O)s1.O=C(O)c1ccc(CC2Cc3c(cccc3-c3ccccc3)C2=O)cc1. The van der Waals surface area contributed by atoms with Crippen molar-refractivity contribution in [3.63, 3.8) is 0 Å². The molecule has 13 aromatic carbocycles. The highest BCUT2D eigenvalue weighted by Gasteiger charge is 2.40. The maximum Gasteiger partial charge on any atom is 0.416 e.